The molecule has 0 aromatic carbocycles. The van der Waals surface area contributed by atoms with Crippen LogP contribution in [-0.4, -0.2) is 43.5 Å². The minimum atomic E-state index is 0. The monoisotopic (exact) mass is 397 g/mol. The third-order valence-corrected chi connectivity index (χ3v) is 6.20. The van der Waals surface area contributed by atoms with Gasteiger partial charge in [0, 0.05) is 30.4 Å². The molecule has 8 heteroatoms. The third-order valence-electron chi connectivity index (χ3n) is 6.20. The van der Waals surface area contributed by atoms with Gasteiger partial charge in [-0.2, -0.15) is 0 Å². The lowest BCUT2D eigenvalue weighted by Crippen LogP contribution is -2.40. The predicted octanol–water partition coefficient (Wildman–Crippen LogP) is 3.09. The van der Waals surface area contributed by atoms with Gasteiger partial charge in [-0.05, 0) is 38.2 Å². The maximum absolute atomic E-state index is 13.0. The van der Waals surface area contributed by atoms with Crippen LogP contribution in [0.4, 0.5) is 0 Å². The Hall–Kier alpha value is -1.37. The Bertz CT molecular complexity index is 804. The highest BCUT2D eigenvalue weighted by Gasteiger charge is 2.47. The highest BCUT2D eigenvalue weighted by molar-refractivity contribution is 5.97. The van der Waals surface area contributed by atoms with Crippen LogP contribution < -0.4 is 5.73 Å². The van der Waals surface area contributed by atoms with Crippen LogP contribution >= 0.6 is 24.8 Å². The Morgan fingerprint density at radius 2 is 1.85 bits per heavy atom. The van der Waals surface area contributed by atoms with E-state index in [0.29, 0.717) is 17.6 Å². The zero-order valence-electron chi connectivity index (χ0n) is 14.6. The van der Waals surface area contributed by atoms with Gasteiger partial charge in [-0.15, -0.1) is 24.8 Å². The van der Waals surface area contributed by atoms with Crippen molar-refractivity contribution in [2.24, 2.45) is 5.73 Å². The number of aromatic nitrogens is 3. The van der Waals surface area contributed by atoms with E-state index in [2.05, 4.69) is 14.5 Å². The van der Waals surface area contributed by atoms with E-state index in [0.717, 1.165) is 30.4 Å². The van der Waals surface area contributed by atoms with Gasteiger partial charge in [0.05, 0.1) is 11.9 Å². The van der Waals surface area contributed by atoms with E-state index in [1.54, 1.807) is 6.20 Å². The van der Waals surface area contributed by atoms with E-state index in [1.165, 1.54) is 25.7 Å². The summed E-state index contributed by atoms with van der Waals surface area (Å²) in [6.45, 7) is 0. The molecule has 0 spiro atoms. The molecule has 2 aromatic rings. The van der Waals surface area contributed by atoms with Crippen molar-refractivity contribution in [1.29, 1.82) is 0 Å². The van der Waals surface area contributed by atoms with Gasteiger partial charge in [-0.3, -0.25) is 4.79 Å². The number of nitrogens with two attached hydrogens (primary N) is 1. The largest absolute Gasteiger partial charge is 0.331 e. The molecule has 6 nitrogen and oxygen atoms in total. The number of carbonyl (C=O) groups excluding carboxylic acids is 1. The second-order valence-electron chi connectivity index (χ2n) is 7.57. The molecule has 3 atom stereocenters. The lowest BCUT2D eigenvalue weighted by atomic mass is 9.97. The third kappa shape index (κ3) is 2.88. The normalized spacial score (nSPS) is 27.6. The van der Waals surface area contributed by atoms with E-state index < -0.39 is 0 Å². The molecule has 1 saturated carbocycles. The fraction of sp³-hybridized carbons (Fsp3) is 0.611. The molecule has 2 N–H and O–H groups in total. The molecule has 4 heterocycles. The molecule has 0 unspecified atom stereocenters. The molecular formula is C18H25Cl2N5O. The average Bonchev–Trinajstić information content (AvgIpc) is 3.35. The van der Waals surface area contributed by atoms with Crippen LogP contribution in [0.3, 0.4) is 0 Å². The van der Waals surface area contributed by atoms with Crippen molar-refractivity contribution in [1.82, 2.24) is 19.4 Å². The van der Waals surface area contributed by atoms with Crippen LogP contribution in [0.15, 0.2) is 18.6 Å². The molecular weight excluding hydrogens is 373 g/mol. The van der Waals surface area contributed by atoms with Gasteiger partial charge < -0.3 is 15.2 Å². The number of hydrogen-bond acceptors (Lipinski definition) is 4. The first-order valence-electron chi connectivity index (χ1n) is 9.13. The molecule has 1 aliphatic carbocycles. The van der Waals surface area contributed by atoms with E-state index in [1.807, 2.05) is 17.3 Å². The topological polar surface area (TPSA) is 77.0 Å². The number of amides is 1. The molecule has 26 heavy (non-hydrogen) atoms. The second kappa shape index (κ2) is 7.33. The maximum atomic E-state index is 13.0. The summed E-state index contributed by atoms with van der Waals surface area (Å²) >= 11 is 0. The summed E-state index contributed by atoms with van der Waals surface area (Å²) in [6, 6.07) is 3.06. The fourth-order valence-electron chi connectivity index (χ4n) is 4.99. The molecule has 0 radical (unpaired) electrons. The summed E-state index contributed by atoms with van der Waals surface area (Å²) in [4.78, 5) is 24.1. The first-order chi connectivity index (χ1) is 11.7. The molecule has 2 aliphatic heterocycles. The summed E-state index contributed by atoms with van der Waals surface area (Å²) in [5.74, 6) is 0.0697. The van der Waals surface area contributed by atoms with Crippen LogP contribution in [-0.2, 0) is 0 Å². The van der Waals surface area contributed by atoms with Crippen molar-refractivity contribution in [3.05, 3.63) is 24.2 Å². The molecule has 2 saturated heterocycles. The van der Waals surface area contributed by atoms with Crippen molar-refractivity contribution in [3.8, 4) is 0 Å². The molecule has 2 aromatic heterocycles. The van der Waals surface area contributed by atoms with Gasteiger partial charge in [0.15, 0.2) is 5.65 Å². The number of imidazole rings is 1. The van der Waals surface area contributed by atoms with Crippen molar-refractivity contribution < 1.29 is 4.79 Å². The number of halogens is 2. The van der Waals surface area contributed by atoms with Crippen LogP contribution in [0.1, 0.15) is 61.3 Å². The van der Waals surface area contributed by atoms with Crippen molar-refractivity contribution >= 4 is 41.9 Å². The van der Waals surface area contributed by atoms with E-state index in [9.17, 15) is 4.79 Å². The van der Waals surface area contributed by atoms with Crippen LogP contribution in [0, 0.1) is 0 Å². The number of hydrogen-bond donors (Lipinski definition) is 1. The van der Waals surface area contributed by atoms with Gasteiger partial charge in [0.1, 0.15) is 5.52 Å². The first kappa shape index (κ1) is 19.4. The number of carbonyl (C=O) groups is 1. The Balaban J connectivity index is 0.000000980. The quantitative estimate of drug-likeness (QED) is 0.844. The lowest BCUT2D eigenvalue weighted by Gasteiger charge is -2.23. The standard InChI is InChI=1S/C18H23N5O.2ClH/c19-14-8-13-5-6-16(14)23(13)18(24)11-7-15-17(20-9-11)22(10-21-15)12-3-1-2-4-12;;/h7,9-10,12-14,16H,1-6,8,19H2;2*1H/t13-,14-,16+;;/m1../s1. The Labute approximate surface area is 165 Å². The maximum Gasteiger partial charge on any atom is 0.256 e. The Kier molecular flexibility index (Phi) is 5.47. The summed E-state index contributed by atoms with van der Waals surface area (Å²) in [5.41, 5.74) is 8.53. The fourth-order valence-corrected chi connectivity index (χ4v) is 4.99. The van der Waals surface area contributed by atoms with Crippen molar-refractivity contribution in [2.45, 2.75) is 69.1 Å². The van der Waals surface area contributed by atoms with Gasteiger partial charge >= 0.3 is 0 Å². The van der Waals surface area contributed by atoms with Gasteiger partial charge in [-0.25, -0.2) is 9.97 Å². The van der Waals surface area contributed by atoms with Gasteiger partial charge in [-0.1, -0.05) is 12.8 Å². The van der Waals surface area contributed by atoms with Crippen LogP contribution in [0.25, 0.3) is 11.2 Å². The summed E-state index contributed by atoms with van der Waals surface area (Å²) < 4.78 is 2.19. The smallest absolute Gasteiger partial charge is 0.256 e. The second-order valence-corrected chi connectivity index (χ2v) is 7.57. The molecule has 3 aliphatic rings. The molecule has 1 amide bonds. The minimum Gasteiger partial charge on any atom is -0.331 e. The van der Waals surface area contributed by atoms with E-state index >= 15 is 0 Å². The van der Waals surface area contributed by atoms with Gasteiger partial charge in [0.2, 0.25) is 0 Å². The average molecular weight is 398 g/mol. The zero-order chi connectivity index (χ0) is 16.3. The van der Waals surface area contributed by atoms with Crippen molar-refractivity contribution in [2.75, 3.05) is 0 Å². The molecule has 142 valence electrons. The first-order valence-corrected chi connectivity index (χ1v) is 9.13. The van der Waals surface area contributed by atoms with Crippen LogP contribution in [0.2, 0.25) is 0 Å². The highest BCUT2D eigenvalue weighted by atomic mass is 35.5. The minimum absolute atomic E-state index is 0. The summed E-state index contributed by atoms with van der Waals surface area (Å²) in [6.07, 6.45) is 11.6. The highest BCUT2D eigenvalue weighted by Crippen LogP contribution is 2.38. The number of nitrogens with zero attached hydrogens (tertiary/aromatic N) is 4. The summed E-state index contributed by atoms with van der Waals surface area (Å²) in [5, 5.41) is 0. The molecule has 3 fully saturated rings. The van der Waals surface area contributed by atoms with Gasteiger partial charge in [0.25, 0.3) is 5.91 Å². The SMILES string of the molecule is Cl.Cl.N[C@@H]1C[C@H]2CC[C@@H]1N2C(=O)c1cnc2c(c1)ncn2C1CCCC1. The van der Waals surface area contributed by atoms with E-state index in [4.69, 9.17) is 5.73 Å². The Morgan fingerprint density at radius 3 is 2.50 bits per heavy atom. The lowest BCUT2D eigenvalue weighted by molar-refractivity contribution is 0.0726. The van der Waals surface area contributed by atoms with Crippen molar-refractivity contribution in [3.63, 3.8) is 0 Å². The molecule has 2 bridgehead atoms. The number of fused-ring (bicyclic) bond motifs is 3. The summed E-state index contributed by atoms with van der Waals surface area (Å²) in [7, 11) is 0. The Morgan fingerprint density at radius 1 is 1.08 bits per heavy atom. The zero-order valence-corrected chi connectivity index (χ0v) is 16.2. The predicted molar refractivity (Wildman–Crippen MR) is 105 cm³/mol. The number of rotatable bonds is 2. The molecule has 5 rings (SSSR count). The number of pyridine rings is 1. The van der Waals surface area contributed by atoms with Crippen LogP contribution in [0.5, 0.6) is 0 Å². The van der Waals surface area contributed by atoms with E-state index in [-0.39, 0.29) is 42.8 Å².